The number of carbonyl (C=O) groups is 2. The molecule has 0 spiro atoms. The molecule has 4 rings (SSSR count). The molecule has 2 amide bonds. The third-order valence-corrected chi connectivity index (χ3v) is 5.84. The zero-order chi connectivity index (χ0) is 20.5. The quantitative estimate of drug-likeness (QED) is 0.651. The van der Waals surface area contributed by atoms with Gasteiger partial charge in [0.1, 0.15) is 5.75 Å². The molecular formula is C21H18ClN3O3S. The topological polar surface area (TPSA) is 71.5 Å². The lowest BCUT2D eigenvalue weighted by Crippen LogP contribution is -2.38. The second-order valence-corrected chi connectivity index (χ2v) is 8.08. The van der Waals surface area contributed by atoms with Crippen molar-refractivity contribution in [3.63, 3.8) is 0 Å². The van der Waals surface area contributed by atoms with Crippen LogP contribution in [0.4, 0.5) is 10.8 Å². The van der Waals surface area contributed by atoms with Crippen LogP contribution in [-0.2, 0) is 4.79 Å². The number of fused-ring (bicyclic) bond motifs is 1. The van der Waals surface area contributed by atoms with Crippen molar-refractivity contribution < 1.29 is 14.3 Å². The van der Waals surface area contributed by atoms with Crippen LogP contribution in [0, 0.1) is 6.92 Å². The van der Waals surface area contributed by atoms with E-state index in [2.05, 4.69) is 10.3 Å². The van der Waals surface area contributed by atoms with Crippen molar-refractivity contribution in [1.82, 2.24) is 4.98 Å². The Morgan fingerprint density at radius 2 is 2.10 bits per heavy atom. The summed E-state index contributed by atoms with van der Waals surface area (Å²) in [5, 5.41) is 3.69. The number of anilines is 2. The highest BCUT2D eigenvalue weighted by Gasteiger charge is 2.25. The van der Waals surface area contributed by atoms with Crippen molar-refractivity contribution in [2.24, 2.45) is 0 Å². The molecule has 1 aromatic heterocycles. The summed E-state index contributed by atoms with van der Waals surface area (Å²) in [7, 11) is 0. The van der Waals surface area contributed by atoms with Gasteiger partial charge in [-0.05, 0) is 44.2 Å². The number of hydrogen-bond donors (Lipinski definition) is 1. The summed E-state index contributed by atoms with van der Waals surface area (Å²) in [5.74, 6) is 0.299. The highest BCUT2D eigenvalue weighted by Crippen LogP contribution is 2.38. The number of hydrogen-bond acceptors (Lipinski definition) is 5. The van der Waals surface area contributed by atoms with Gasteiger partial charge in [-0.1, -0.05) is 23.7 Å². The van der Waals surface area contributed by atoms with Crippen molar-refractivity contribution in [2.75, 3.05) is 23.4 Å². The first-order valence-corrected chi connectivity index (χ1v) is 10.3. The molecule has 1 N–H and O–H groups in total. The first kappa shape index (κ1) is 19.4. The first-order chi connectivity index (χ1) is 14.0. The molecule has 0 bridgehead atoms. The summed E-state index contributed by atoms with van der Waals surface area (Å²) in [6.07, 6.45) is 0. The van der Waals surface area contributed by atoms with Crippen LogP contribution in [0.2, 0.25) is 5.02 Å². The number of nitrogens with zero attached hydrogens (tertiary/aromatic N) is 2. The zero-order valence-corrected chi connectivity index (χ0v) is 17.4. The standard InChI is InChI=1S/C21H18ClN3O3S/c1-3-25-16-10-13(8-9-17(16)28-11-18(25)26)19-12(2)29-21(23-19)24-20(27)14-6-4-5-7-15(14)22/h4-10H,3,11H2,1-2H3,(H,23,24,27). The van der Waals surface area contributed by atoms with Crippen LogP contribution in [-0.4, -0.2) is 29.9 Å². The molecule has 1 aliphatic heterocycles. The second-order valence-electron chi connectivity index (χ2n) is 6.47. The Morgan fingerprint density at radius 3 is 2.86 bits per heavy atom. The van der Waals surface area contributed by atoms with E-state index in [1.807, 2.05) is 32.0 Å². The Balaban J connectivity index is 1.64. The molecule has 2 heterocycles. The van der Waals surface area contributed by atoms with Gasteiger partial charge in [0, 0.05) is 17.0 Å². The number of aromatic nitrogens is 1. The summed E-state index contributed by atoms with van der Waals surface area (Å²) in [5.41, 5.74) is 2.73. The van der Waals surface area contributed by atoms with Gasteiger partial charge in [-0.15, -0.1) is 11.3 Å². The van der Waals surface area contributed by atoms with Gasteiger partial charge in [0.25, 0.3) is 11.8 Å². The number of amides is 2. The van der Waals surface area contributed by atoms with E-state index in [1.165, 1.54) is 11.3 Å². The van der Waals surface area contributed by atoms with E-state index in [0.717, 1.165) is 21.8 Å². The van der Waals surface area contributed by atoms with E-state index in [1.54, 1.807) is 29.2 Å². The maximum absolute atomic E-state index is 12.5. The molecule has 2 aromatic carbocycles. The van der Waals surface area contributed by atoms with E-state index >= 15 is 0 Å². The number of likely N-dealkylation sites (N-methyl/N-ethyl adjacent to an activating group) is 1. The molecule has 29 heavy (non-hydrogen) atoms. The smallest absolute Gasteiger partial charge is 0.265 e. The monoisotopic (exact) mass is 427 g/mol. The number of benzene rings is 2. The number of aryl methyl sites for hydroxylation is 1. The summed E-state index contributed by atoms with van der Waals surface area (Å²) < 4.78 is 5.53. The van der Waals surface area contributed by atoms with Crippen LogP contribution in [0.3, 0.4) is 0 Å². The third kappa shape index (κ3) is 3.71. The molecule has 3 aromatic rings. The Morgan fingerprint density at radius 1 is 1.31 bits per heavy atom. The number of carbonyl (C=O) groups excluding carboxylic acids is 2. The number of rotatable bonds is 4. The molecule has 0 aliphatic carbocycles. The third-order valence-electron chi connectivity index (χ3n) is 4.63. The van der Waals surface area contributed by atoms with Crippen molar-refractivity contribution >= 4 is 45.6 Å². The molecule has 6 nitrogen and oxygen atoms in total. The average molecular weight is 428 g/mol. The fraction of sp³-hybridized carbons (Fsp3) is 0.190. The van der Waals surface area contributed by atoms with Crippen LogP contribution in [0.5, 0.6) is 5.75 Å². The minimum Gasteiger partial charge on any atom is -0.482 e. The fourth-order valence-corrected chi connectivity index (χ4v) is 4.28. The normalized spacial score (nSPS) is 13.1. The molecule has 8 heteroatoms. The molecule has 0 radical (unpaired) electrons. The molecule has 0 fully saturated rings. The SMILES string of the molecule is CCN1C(=O)COc2ccc(-c3nc(NC(=O)c4ccccc4Cl)sc3C)cc21. The van der Waals surface area contributed by atoms with Crippen molar-refractivity contribution in [2.45, 2.75) is 13.8 Å². The van der Waals surface area contributed by atoms with Gasteiger partial charge in [-0.3, -0.25) is 14.9 Å². The number of halogens is 1. The lowest BCUT2D eigenvalue weighted by Gasteiger charge is -2.28. The first-order valence-electron chi connectivity index (χ1n) is 9.08. The van der Waals surface area contributed by atoms with Crippen molar-refractivity contribution in [3.05, 3.63) is 57.9 Å². The van der Waals surface area contributed by atoms with E-state index < -0.39 is 0 Å². The van der Waals surface area contributed by atoms with Crippen LogP contribution in [0.25, 0.3) is 11.3 Å². The number of nitrogens with one attached hydrogen (secondary N) is 1. The van der Waals surface area contributed by atoms with Crippen LogP contribution >= 0.6 is 22.9 Å². The summed E-state index contributed by atoms with van der Waals surface area (Å²) in [6.45, 7) is 4.48. The average Bonchev–Trinajstić information content (AvgIpc) is 3.07. The highest BCUT2D eigenvalue weighted by molar-refractivity contribution is 7.16. The van der Waals surface area contributed by atoms with Gasteiger partial charge in [-0.2, -0.15) is 0 Å². The minimum absolute atomic E-state index is 0.0497. The van der Waals surface area contributed by atoms with Crippen molar-refractivity contribution in [3.8, 4) is 17.0 Å². The second kappa shape index (κ2) is 7.85. The summed E-state index contributed by atoms with van der Waals surface area (Å²) in [6, 6.07) is 12.5. The number of thiazole rings is 1. The van der Waals surface area contributed by atoms with Crippen LogP contribution in [0.1, 0.15) is 22.2 Å². The lowest BCUT2D eigenvalue weighted by atomic mass is 10.1. The van der Waals surface area contributed by atoms with E-state index in [4.69, 9.17) is 16.3 Å². The van der Waals surface area contributed by atoms with Gasteiger partial charge in [-0.25, -0.2) is 4.98 Å². The van der Waals surface area contributed by atoms with Gasteiger partial charge >= 0.3 is 0 Å². The minimum atomic E-state index is -0.308. The van der Waals surface area contributed by atoms with Gasteiger partial charge in [0.15, 0.2) is 11.7 Å². The fourth-order valence-electron chi connectivity index (χ4n) is 3.22. The zero-order valence-electron chi connectivity index (χ0n) is 15.9. The Labute approximate surface area is 177 Å². The molecule has 0 saturated carbocycles. The molecule has 1 aliphatic rings. The van der Waals surface area contributed by atoms with Crippen LogP contribution < -0.4 is 15.0 Å². The van der Waals surface area contributed by atoms with E-state index in [0.29, 0.717) is 28.0 Å². The largest absolute Gasteiger partial charge is 0.482 e. The summed E-state index contributed by atoms with van der Waals surface area (Å²) in [4.78, 5) is 31.9. The maximum atomic E-state index is 12.5. The van der Waals surface area contributed by atoms with E-state index in [-0.39, 0.29) is 18.4 Å². The van der Waals surface area contributed by atoms with Crippen LogP contribution in [0.15, 0.2) is 42.5 Å². The highest BCUT2D eigenvalue weighted by atomic mass is 35.5. The molecule has 0 unspecified atom stereocenters. The Hall–Kier alpha value is -2.90. The maximum Gasteiger partial charge on any atom is 0.265 e. The van der Waals surface area contributed by atoms with Gasteiger partial charge in [0.2, 0.25) is 0 Å². The molecule has 0 atom stereocenters. The Bertz CT molecular complexity index is 1110. The van der Waals surface area contributed by atoms with Crippen molar-refractivity contribution in [1.29, 1.82) is 0 Å². The summed E-state index contributed by atoms with van der Waals surface area (Å²) >= 11 is 7.49. The molecular weight excluding hydrogens is 410 g/mol. The van der Waals surface area contributed by atoms with E-state index in [9.17, 15) is 9.59 Å². The molecule has 0 saturated heterocycles. The van der Waals surface area contributed by atoms with Gasteiger partial charge < -0.3 is 9.64 Å². The molecule has 148 valence electrons. The number of ether oxygens (including phenoxy) is 1. The van der Waals surface area contributed by atoms with Gasteiger partial charge in [0.05, 0.1) is 22.0 Å². The predicted molar refractivity (Wildman–Crippen MR) is 115 cm³/mol. The predicted octanol–water partition coefficient (Wildman–Crippen LogP) is 4.77. The lowest BCUT2D eigenvalue weighted by molar-refractivity contribution is -0.121. The Kier molecular flexibility index (Phi) is 5.25.